The molecule has 7 nitrogen and oxygen atoms in total. The highest BCUT2D eigenvalue weighted by Gasteiger charge is 2.09. The Morgan fingerprint density at radius 3 is 2.52 bits per heavy atom. The van der Waals surface area contributed by atoms with Crippen molar-refractivity contribution in [2.24, 2.45) is 0 Å². The molecule has 0 atom stereocenters. The lowest BCUT2D eigenvalue weighted by Gasteiger charge is -2.11. The van der Waals surface area contributed by atoms with E-state index in [0.29, 0.717) is 35.2 Å². The molecule has 1 amide bonds. The minimum absolute atomic E-state index is 0.162. The van der Waals surface area contributed by atoms with Gasteiger partial charge in [-0.25, -0.2) is 9.97 Å². The number of unbranched alkanes of at least 4 members (excludes halogenated alkanes) is 2. The number of amides is 1. The van der Waals surface area contributed by atoms with Crippen LogP contribution in [0.2, 0.25) is 0 Å². The summed E-state index contributed by atoms with van der Waals surface area (Å²) in [6.07, 6.45) is 6.19. The van der Waals surface area contributed by atoms with Gasteiger partial charge in [0.05, 0.1) is 25.5 Å². The van der Waals surface area contributed by atoms with Crippen molar-refractivity contribution in [2.45, 2.75) is 26.2 Å². The average molecular weight is 344 g/mol. The molecule has 2 rings (SSSR count). The number of hydrogen-bond acceptors (Lipinski definition) is 6. The van der Waals surface area contributed by atoms with Gasteiger partial charge in [-0.2, -0.15) is 0 Å². The topological polar surface area (TPSA) is 85.4 Å². The Labute approximate surface area is 147 Å². The maximum atomic E-state index is 12.0. The van der Waals surface area contributed by atoms with Gasteiger partial charge < -0.3 is 20.1 Å². The first-order valence-electron chi connectivity index (χ1n) is 8.27. The van der Waals surface area contributed by atoms with Gasteiger partial charge in [0.15, 0.2) is 0 Å². The van der Waals surface area contributed by atoms with Crippen molar-refractivity contribution in [3.8, 4) is 11.5 Å². The standard InChI is InChI=1S/C18H24N4O3/c1-4-5-6-9-19-17(23)13-11-20-18(21-12-13)22-15-8-7-14(24-2)10-16(15)25-3/h7-8,10-12H,4-6,9H2,1-3H3,(H,19,23)(H,20,21,22). The first kappa shape index (κ1) is 18.5. The molecule has 0 aliphatic carbocycles. The fraction of sp³-hybridized carbons (Fsp3) is 0.389. The largest absolute Gasteiger partial charge is 0.497 e. The number of hydrogen-bond donors (Lipinski definition) is 2. The average Bonchev–Trinajstić information content (AvgIpc) is 2.66. The van der Waals surface area contributed by atoms with Crippen LogP contribution in [0.4, 0.5) is 11.6 Å². The summed E-state index contributed by atoms with van der Waals surface area (Å²) >= 11 is 0. The molecule has 0 saturated carbocycles. The lowest BCUT2D eigenvalue weighted by Crippen LogP contribution is -2.24. The first-order chi connectivity index (χ1) is 12.2. The van der Waals surface area contributed by atoms with E-state index in [1.807, 2.05) is 12.1 Å². The number of benzene rings is 1. The lowest BCUT2D eigenvalue weighted by atomic mass is 10.2. The van der Waals surface area contributed by atoms with E-state index in [1.54, 1.807) is 20.3 Å². The molecule has 0 radical (unpaired) electrons. The maximum Gasteiger partial charge on any atom is 0.254 e. The molecule has 0 aliphatic heterocycles. The van der Waals surface area contributed by atoms with Crippen LogP contribution in [0.5, 0.6) is 11.5 Å². The van der Waals surface area contributed by atoms with Crippen molar-refractivity contribution in [3.63, 3.8) is 0 Å². The monoisotopic (exact) mass is 344 g/mol. The molecule has 1 heterocycles. The molecule has 2 aromatic rings. The van der Waals surface area contributed by atoms with E-state index in [1.165, 1.54) is 12.4 Å². The Bertz CT molecular complexity index is 689. The van der Waals surface area contributed by atoms with Gasteiger partial charge in [-0.3, -0.25) is 4.79 Å². The van der Waals surface area contributed by atoms with Crippen LogP contribution in [0.15, 0.2) is 30.6 Å². The van der Waals surface area contributed by atoms with Crippen LogP contribution in [0.25, 0.3) is 0 Å². The number of aromatic nitrogens is 2. The van der Waals surface area contributed by atoms with Crippen LogP contribution in [-0.4, -0.2) is 36.6 Å². The lowest BCUT2D eigenvalue weighted by molar-refractivity contribution is 0.0952. The summed E-state index contributed by atoms with van der Waals surface area (Å²) in [5, 5.41) is 5.93. The molecule has 1 aromatic heterocycles. The van der Waals surface area contributed by atoms with Crippen molar-refractivity contribution < 1.29 is 14.3 Å². The van der Waals surface area contributed by atoms with E-state index < -0.39 is 0 Å². The third-order valence-corrected chi connectivity index (χ3v) is 3.64. The van der Waals surface area contributed by atoms with Crippen LogP contribution in [-0.2, 0) is 0 Å². The van der Waals surface area contributed by atoms with Crippen LogP contribution < -0.4 is 20.1 Å². The number of carbonyl (C=O) groups excluding carboxylic acids is 1. The molecule has 0 spiro atoms. The van der Waals surface area contributed by atoms with Crippen molar-refractivity contribution in [3.05, 3.63) is 36.2 Å². The SMILES string of the molecule is CCCCCNC(=O)c1cnc(Nc2ccc(OC)cc2OC)nc1. The van der Waals surface area contributed by atoms with Crippen LogP contribution in [0.3, 0.4) is 0 Å². The number of ether oxygens (including phenoxy) is 2. The quantitative estimate of drug-likeness (QED) is 0.680. The molecule has 0 bridgehead atoms. The van der Waals surface area contributed by atoms with Gasteiger partial charge >= 0.3 is 0 Å². The van der Waals surface area contributed by atoms with Gasteiger partial charge in [-0.1, -0.05) is 19.8 Å². The number of methoxy groups -OCH3 is 2. The minimum atomic E-state index is -0.162. The minimum Gasteiger partial charge on any atom is -0.497 e. The second-order valence-electron chi connectivity index (χ2n) is 5.45. The van der Waals surface area contributed by atoms with E-state index in [4.69, 9.17) is 9.47 Å². The van der Waals surface area contributed by atoms with E-state index in [-0.39, 0.29) is 5.91 Å². The van der Waals surface area contributed by atoms with Gasteiger partial charge in [0.1, 0.15) is 11.5 Å². The highest BCUT2D eigenvalue weighted by Crippen LogP contribution is 2.30. The molecule has 0 fully saturated rings. The summed E-state index contributed by atoms with van der Waals surface area (Å²) in [6.45, 7) is 2.79. The Hall–Kier alpha value is -2.83. The van der Waals surface area contributed by atoms with E-state index in [0.717, 1.165) is 19.3 Å². The van der Waals surface area contributed by atoms with E-state index in [9.17, 15) is 4.79 Å². The summed E-state index contributed by atoms with van der Waals surface area (Å²) in [4.78, 5) is 20.4. The number of nitrogens with one attached hydrogen (secondary N) is 2. The van der Waals surface area contributed by atoms with Gasteiger partial charge in [-0.05, 0) is 18.6 Å². The van der Waals surface area contributed by atoms with Gasteiger partial charge in [0.25, 0.3) is 5.91 Å². The fourth-order valence-electron chi connectivity index (χ4n) is 2.21. The third-order valence-electron chi connectivity index (χ3n) is 3.64. The Balaban J connectivity index is 1.99. The Morgan fingerprint density at radius 2 is 1.88 bits per heavy atom. The van der Waals surface area contributed by atoms with Crippen molar-refractivity contribution in [1.82, 2.24) is 15.3 Å². The highest BCUT2D eigenvalue weighted by atomic mass is 16.5. The van der Waals surface area contributed by atoms with E-state index in [2.05, 4.69) is 27.5 Å². The predicted molar refractivity (Wildman–Crippen MR) is 96.7 cm³/mol. The zero-order valence-corrected chi connectivity index (χ0v) is 14.8. The number of carbonyl (C=O) groups is 1. The summed E-state index contributed by atoms with van der Waals surface area (Å²) in [6, 6.07) is 5.39. The predicted octanol–water partition coefficient (Wildman–Crippen LogP) is 3.16. The van der Waals surface area contributed by atoms with Gasteiger partial charge in [0.2, 0.25) is 5.95 Å². The molecular weight excluding hydrogens is 320 g/mol. The Morgan fingerprint density at radius 1 is 1.12 bits per heavy atom. The second-order valence-corrected chi connectivity index (χ2v) is 5.45. The molecular formula is C18H24N4O3. The zero-order chi connectivity index (χ0) is 18.1. The number of rotatable bonds is 9. The van der Waals surface area contributed by atoms with Gasteiger partial charge in [0, 0.05) is 25.0 Å². The zero-order valence-electron chi connectivity index (χ0n) is 14.8. The fourth-order valence-corrected chi connectivity index (χ4v) is 2.21. The van der Waals surface area contributed by atoms with Crippen molar-refractivity contribution in [2.75, 3.05) is 26.1 Å². The molecule has 0 aliphatic rings. The molecule has 1 aromatic carbocycles. The normalized spacial score (nSPS) is 10.2. The summed E-state index contributed by atoms with van der Waals surface area (Å²) in [5.41, 5.74) is 1.14. The molecule has 7 heteroatoms. The number of anilines is 2. The Kier molecular flexibility index (Phi) is 7.00. The molecule has 25 heavy (non-hydrogen) atoms. The van der Waals surface area contributed by atoms with E-state index >= 15 is 0 Å². The van der Waals surface area contributed by atoms with Crippen molar-refractivity contribution in [1.29, 1.82) is 0 Å². The maximum absolute atomic E-state index is 12.0. The van der Waals surface area contributed by atoms with Crippen LogP contribution in [0.1, 0.15) is 36.5 Å². The molecule has 134 valence electrons. The van der Waals surface area contributed by atoms with Crippen molar-refractivity contribution >= 4 is 17.5 Å². The summed E-state index contributed by atoms with van der Waals surface area (Å²) in [5.74, 6) is 1.52. The molecule has 0 unspecified atom stereocenters. The summed E-state index contributed by atoms with van der Waals surface area (Å²) < 4.78 is 10.5. The summed E-state index contributed by atoms with van der Waals surface area (Å²) in [7, 11) is 3.17. The smallest absolute Gasteiger partial charge is 0.254 e. The number of nitrogens with zero attached hydrogens (tertiary/aromatic N) is 2. The van der Waals surface area contributed by atoms with Crippen LogP contribution >= 0.6 is 0 Å². The van der Waals surface area contributed by atoms with Gasteiger partial charge in [-0.15, -0.1) is 0 Å². The second kappa shape index (κ2) is 9.46. The van der Waals surface area contributed by atoms with Crippen LogP contribution in [0, 0.1) is 0 Å². The molecule has 2 N–H and O–H groups in total. The highest BCUT2D eigenvalue weighted by molar-refractivity contribution is 5.93. The molecule has 0 saturated heterocycles. The first-order valence-corrected chi connectivity index (χ1v) is 8.27. The third kappa shape index (κ3) is 5.34.